The minimum Gasteiger partial charge on any atom is -0.493 e. The third kappa shape index (κ3) is 2.66. The molecule has 2 N–H and O–H groups in total. The fourth-order valence-corrected chi connectivity index (χ4v) is 2.33. The molecule has 0 saturated carbocycles. The lowest BCUT2D eigenvalue weighted by Gasteiger charge is -2.15. The predicted octanol–water partition coefficient (Wildman–Crippen LogP) is 2.04. The zero-order valence-electron chi connectivity index (χ0n) is 13.3. The van der Waals surface area contributed by atoms with Crippen molar-refractivity contribution in [3.63, 3.8) is 0 Å². The van der Waals surface area contributed by atoms with Gasteiger partial charge in [-0.25, -0.2) is 4.79 Å². The number of esters is 1. The van der Waals surface area contributed by atoms with Crippen molar-refractivity contribution in [3.05, 3.63) is 35.2 Å². The van der Waals surface area contributed by atoms with E-state index < -0.39 is 5.97 Å². The minimum absolute atomic E-state index is 0.0773. The smallest absolute Gasteiger partial charge is 0.357 e. The molecule has 1 heterocycles. The van der Waals surface area contributed by atoms with Gasteiger partial charge in [-0.1, -0.05) is 0 Å². The number of nitriles is 1. The van der Waals surface area contributed by atoms with E-state index >= 15 is 0 Å². The number of nitrogen functional groups attached to an aromatic ring is 1. The predicted molar refractivity (Wildman–Crippen MR) is 84.1 cm³/mol. The van der Waals surface area contributed by atoms with Gasteiger partial charge in [0.2, 0.25) is 0 Å². The third-order valence-electron chi connectivity index (χ3n) is 3.51. The Morgan fingerprint density at radius 1 is 1.22 bits per heavy atom. The lowest BCUT2D eigenvalue weighted by Crippen LogP contribution is -2.12. The fourth-order valence-electron chi connectivity index (χ4n) is 2.33. The highest BCUT2D eigenvalue weighted by Crippen LogP contribution is 2.34. The zero-order valence-corrected chi connectivity index (χ0v) is 13.3. The number of nitrogens with two attached hydrogens (primary N) is 1. The van der Waals surface area contributed by atoms with E-state index in [-0.39, 0.29) is 16.9 Å². The topological polar surface area (TPSA) is 99.5 Å². The van der Waals surface area contributed by atoms with E-state index in [0.717, 1.165) is 5.56 Å². The summed E-state index contributed by atoms with van der Waals surface area (Å²) in [6, 6.07) is 5.45. The minimum atomic E-state index is -0.627. The summed E-state index contributed by atoms with van der Waals surface area (Å²) in [5.74, 6) is 0.432. The van der Waals surface area contributed by atoms with Gasteiger partial charge in [-0.3, -0.25) is 0 Å². The molecule has 0 aliphatic rings. The molecule has 1 aromatic carbocycles. The Hall–Kier alpha value is -3.14. The molecule has 23 heavy (non-hydrogen) atoms. The molecule has 7 nitrogen and oxygen atoms in total. The quantitative estimate of drug-likeness (QED) is 0.867. The second-order valence-electron chi connectivity index (χ2n) is 4.77. The summed E-state index contributed by atoms with van der Waals surface area (Å²) in [5, 5.41) is 9.17. The van der Waals surface area contributed by atoms with Gasteiger partial charge in [-0.05, 0) is 18.6 Å². The number of ether oxygens (including phenoxy) is 3. The number of nitrogens with zero attached hydrogens (tertiary/aromatic N) is 2. The summed E-state index contributed by atoms with van der Waals surface area (Å²) in [7, 11) is 4.31. The number of carbonyl (C=O) groups is 1. The standard InChI is InChI=1S/C16H17N3O4/c1-9-5-12(21-2)13(22-3)6-11(9)19-8-10(7-17)14(18)15(19)16(20)23-4/h5-6,8H,18H2,1-4H3. The molecule has 120 valence electrons. The van der Waals surface area contributed by atoms with Crippen molar-refractivity contribution in [1.82, 2.24) is 4.57 Å². The second kappa shape index (κ2) is 6.32. The third-order valence-corrected chi connectivity index (χ3v) is 3.51. The molecule has 2 rings (SSSR count). The van der Waals surface area contributed by atoms with E-state index in [1.165, 1.54) is 32.1 Å². The van der Waals surface area contributed by atoms with Crippen LogP contribution in [0.25, 0.3) is 5.69 Å². The number of benzene rings is 1. The van der Waals surface area contributed by atoms with E-state index in [9.17, 15) is 4.79 Å². The van der Waals surface area contributed by atoms with E-state index in [4.69, 9.17) is 25.2 Å². The van der Waals surface area contributed by atoms with Gasteiger partial charge in [0, 0.05) is 12.3 Å². The van der Waals surface area contributed by atoms with Crippen LogP contribution in [-0.4, -0.2) is 31.9 Å². The average Bonchev–Trinajstić information content (AvgIpc) is 2.90. The van der Waals surface area contributed by atoms with Gasteiger partial charge >= 0.3 is 5.97 Å². The molecule has 0 fully saturated rings. The molecule has 7 heteroatoms. The van der Waals surface area contributed by atoms with Crippen molar-refractivity contribution in [2.24, 2.45) is 0 Å². The van der Waals surface area contributed by atoms with Crippen molar-refractivity contribution < 1.29 is 19.0 Å². The van der Waals surface area contributed by atoms with Gasteiger partial charge in [0.25, 0.3) is 0 Å². The van der Waals surface area contributed by atoms with Crippen LogP contribution in [0.3, 0.4) is 0 Å². The summed E-state index contributed by atoms with van der Waals surface area (Å²) in [6.07, 6.45) is 1.50. The number of hydrogen-bond acceptors (Lipinski definition) is 6. The maximum Gasteiger partial charge on any atom is 0.357 e. The van der Waals surface area contributed by atoms with Crippen LogP contribution < -0.4 is 15.2 Å². The number of aryl methyl sites for hydroxylation is 1. The Kier molecular flexibility index (Phi) is 4.46. The number of methoxy groups -OCH3 is 3. The number of anilines is 1. The first-order valence-corrected chi connectivity index (χ1v) is 6.70. The summed E-state index contributed by atoms with van der Waals surface area (Å²) in [6.45, 7) is 1.85. The molecule has 0 unspecified atom stereocenters. The van der Waals surface area contributed by atoms with Crippen molar-refractivity contribution in [3.8, 4) is 23.3 Å². The highest BCUT2D eigenvalue weighted by Gasteiger charge is 2.23. The number of rotatable bonds is 4. The Morgan fingerprint density at radius 3 is 2.35 bits per heavy atom. The van der Waals surface area contributed by atoms with E-state index in [1.54, 1.807) is 12.1 Å². The van der Waals surface area contributed by atoms with Gasteiger partial charge in [-0.2, -0.15) is 5.26 Å². The summed E-state index contributed by atoms with van der Waals surface area (Å²) in [5.41, 5.74) is 7.72. The maximum absolute atomic E-state index is 12.1. The molecule has 0 aliphatic carbocycles. The van der Waals surface area contributed by atoms with Crippen LogP contribution in [0.5, 0.6) is 11.5 Å². The highest BCUT2D eigenvalue weighted by molar-refractivity contribution is 5.96. The van der Waals surface area contributed by atoms with Crippen LogP contribution >= 0.6 is 0 Å². The Labute approximate surface area is 133 Å². The molecule has 0 spiro atoms. The van der Waals surface area contributed by atoms with Gasteiger partial charge in [0.15, 0.2) is 17.2 Å². The molecule has 0 bridgehead atoms. The Balaban J connectivity index is 2.77. The monoisotopic (exact) mass is 315 g/mol. The molecule has 0 amide bonds. The van der Waals surface area contributed by atoms with Crippen LogP contribution in [0.2, 0.25) is 0 Å². The van der Waals surface area contributed by atoms with Crippen LogP contribution in [-0.2, 0) is 4.74 Å². The zero-order chi connectivity index (χ0) is 17.1. The lowest BCUT2D eigenvalue weighted by molar-refractivity contribution is 0.0593. The first kappa shape index (κ1) is 16.2. The first-order valence-electron chi connectivity index (χ1n) is 6.70. The molecule has 0 saturated heterocycles. The molecule has 0 atom stereocenters. The van der Waals surface area contributed by atoms with Crippen molar-refractivity contribution in [2.75, 3.05) is 27.1 Å². The van der Waals surface area contributed by atoms with Crippen LogP contribution in [0.15, 0.2) is 18.3 Å². The first-order chi connectivity index (χ1) is 11.0. The second-order valence-corrected chi connectivity index (χ2v) is 4.77. The van der Waals surface area contributed by atoms with Gasteiger partial charge in [0.05, 0.1) is 38.3 Å². The van der Waals surface area contributed by atoms with Gasteiger partial charge in [0.1, 0.15) is 6.07 Å². The Bertz CT molecular complexity index is 803. The van der Waals surface area contributed by atoms with Crippen LogP contribution in [0.4, 0.5) is 5.69 Å². The SMILES string of the molecule is COC(=O)c1c(N)c(C#N)cn1-c1cc(OC)c(OC)cc1C. The van der Waals surface area contributed by atoms with E-state index in [1.807, 2.05) is 13.0 Å². The van der Waals surface area contributed by atoms with Crippen LogP contribution in [0, 0.1) is 18.3 Å². The lowest BCUT2D eigenvalue weighted by atomic mass is 10.1. The van der Waals surface area contributed by atoms with E-state index in [2.05, 4.69) is 0 Å². The van der Waals surface area contributed by atoms with Gasteiger partial charge < -0.3 is 24.5 Å². The average molecular weight is 315 g/mol. The van der Waals surface area contributed by atoms with Gasteiger partial charge in [-0.15, -0.1) is 0 Å². The molecular formula is C16H17N3O4. The number of hydrogen-bond donors (Lipinski definition) is 1. The molecule has 0 aliphatic heterocycles. The van der Waals surface area contributed by atoms with Crippen molar-refractivity contribution in [2.45, 2.75) is 6.92 Å². The maximum atomic E-state index is 12.1. The molecular weight excluding hydrogens is 298 g/mol. The summed E-state index contributed by atoms with van der Waals surface area (Å²) in [4.78, 5) is 12.1. The van der Waals surface area contributed by atoms with E-state index in [0.29, 0.717) is 17.2 Å². The summed E-state index contributed by atoms with van der Waals surface area (Å²) >= 11 is 0. The summed E-state index contributed by atoms with van der Waals surface area (Å²) < 4.78 is 16.8. The molecule has 0 radical (unpaired) electrons. The number of carbonyl (C=O) groups excluding carboxylic acids is 1. The normalized spacial score (nSPS) is 10.0. The van der Waals surface area contributed by atoms with Crippen LogP contribution in [0.1, 0.15) is 21.6 Å². The fraction of sp³-hybridized carbons (Fsp3) is 0.250. The molecule has 2 aromatic rings. The largest absolute Gasteiger partial charge is 0.493 e. The molecule has 1 aromatic heterocycles. The number of aromatic nitrogens is 1. The van der Waals surface area contributed by atoms with Crippen molar-refractivity contribution >= 4 is 11.7 Å². The van der Waals surface area contributed by atoms with Crippen molar-refractivity contribution in [1.29, 1.82) is 5.26 Å². The highest BCUT2D eigenvalue weighted by atomic mass is 16.5. The Morgan fingerprint density at radius 2 is 1.83 bits per heavy atom.